The van der Waals surface area contributed by atoms with E-state index in [9.17, 15) is 22.4 Å². The Hall–Kier alpha value is -2.85. The summed E-state index contributed by atoms with van der Waals surface area (Å²) in [6.45, 7) is 3.07. The topological polar surface area (TPSA) is 99.7 Å². The number of amides is 1. The zero-order valence-corrected chi connectivity index (χ0v) is 17.4. The number of piperazine rings is 1. The number of rotatable bonds is 7. The van der Waals surface area contributed by atoms with Gasteiger partial charge in [-0.05, 0) is 37.3 Å². The van der Waals surface area contributed by atoms with Crippen LogP contribution in [0.5, 0.6) is 0 Å². The minimum Gasteiger partial charge on any atom is -0.366 e. The summed E-state index contributed by atoms with van der Waals surface area (Å²) in [4.78, 5) is 31.0. The smallest absolute Gasteiger partial charge is 0.242 e. The Morgan fingerprint density at radius 2 is 1.90 bits per heavy atom. The highest BCUT2D eigenvalue weighted by Crippen LogP contribution is 2.22. The molecule has 0 atom stereocenters. The van der Waals surface area contributed by atoms with Gasteiger partial charge in [-0.3, -0.25) is 14.6 Å². The molecule has 8 nitrogen and oxygen atoms in total. The van der Waals surface area contributed by atoms with Crippen LogP contribution in [0.25, 0.3) is 0 Å². The van der Waals surface area contributed by atoms with Gasteiger partial charge in [-0.25, -0.2) is 17.5 Å². The molecule has 0 aliphatic carbocycles. The fourth-order valence-electron chi connectivity index (χ4n) is 3.22. The molecule has 1 aliphatic heterocycles. The number of carbonyl (C=O) groups is 2. The van der Waals surface area contributed by atoms with Crippen LogP contribution in [-0.2, 0) is 14.8 Å². The van der Waals surface area contributed by atoms with Gasteiger partial charge in [0.2, 0.25) is 15.9 Å². The van der Waals surface area contributed by atoms with Crippen LogP contribution in [0.15, 0.2) is 47.6 Å². The molecular weight excluding hydrogens is 411 g/mol. The van der Waals surface area contributed by atoms with Crippen molar-refractivity contribution in [3.8, 4) is 0 Å². The molecule has 30 heavy (non-hydrogen) atoms. The maximum atomic E-state index is 14.3. The first-order valence-electron chi connectivity index (χ1n) is 9.51. The van der Waals surface area contributed by atoms with Crippen LogP contribution < -0.4 is 9.62 Å². The number of hydrogen-bond acceptors (Lipinski definition) is 6. The summed E-state index contributed by atoms with van der Waals surface area (Å²) in [5.74, 6) is -0.835. The molecule has 1 saturated heterocycles. The predicted octanol–water partition coefficient (Wildman–Crippen LogP) is 1.44. The predicted molar refractivity (Wildman–Crippen MR) is 109 cm³/mol. The number of nitrogens with zero attached hydrogens (tertiary/aromatic N) is 3. The first-order valence-corrected chi connectivity index (χ1v) is 11.0. The molecule has 160 valence electrons. The Bertz CT molecular complexity index is 1020. The third kappa shape index (κ3) is 5.19. The standard InChI is InChI=1S/C20H23FN4O4S/c1-15(26)16-4-5-19(18(21)13-16)24-9-11-25(12-10-24)20(27)6-8-23-30(28,29)17-3-2-7-22-14-17/h2-5,7,13-14,23H,6,8-12H2,1H3. The second kappa shape index (κ2) is 9.31. The van der Waals surface area contributed by atoms with Crippen molar-refractivity contribution >= 4 is 27.4 Å². The number of pyridine rings is 1. The first kappa shape index (κ1) is 21.8. The molecule has 1 amide bonds. The molecule has 2 aromatic rings. The molecule has 2 heterocycles. The van der Waals surface area contributed by atoms with Gasteiger partial charge in [-0.2, -0.15) is 0 Å². The van der Waals surface area contributed by atoms with Crippen molar-refractivity contribution in [2.24, 2.45) is 0 Å². The highest BCUT2D eigenvalue weighted by atomic mass is 32.2. The van der Waals surface area contributed by atoms with Crippen molar-refractivity contribution < 1.29 is 22.4 Å². The Morgan fingerprint density at radius 1 is 1.17 bits per heavy atom. The van der Waals surface area contributed by atoms with Crippen LogP contribution in [0, 0.1) is 5.82 Å². The van der Waals surface area contributed by atoms with E-state index >= 15 is 0 Å². The summed E-state index contributed by atoms with van der Waals surface area (Å²) in [6, 6.07) is 7.35. The highest BCUT2D eigenvalue weighted by molar-refractivity contribution is 7.89. The van der Waals surface area contributed by atoms with Crippen LogP contribution in [0.1, 0.15) is 23.7 Å². The number of Topliss-reactive ketones (excluding diaryl/α,β-unsaturated/α-hetero) is 1. The summed E-state index contributed by atoms with van der Waals surface area (Å²) in [7, 11) is -3.70. The number of anilines is 1. The fourth-order valence-corrected chi connectivity index (χ4v) is 4.21. The fraction of sp³-hybridized carbons (Fsp3) is 0.350. The van der Waals surface area contributed by atoms with E-state index in [1.165, 1.54) is 37.5 Å². The third-order valence-corrected chi connectivity index (χ3v) is 6.35. The normalized spacial score (nSPS) is 14.6. The molecule has 1 aromatic carbocycles. The quantitative estimate of drug-likeness (QED) is 0.662. The van der Waals surface area contributed by atoms with Crippen LogP contribution in [0.2, 0.25) is 0 Å². The Labute approximate surface area is 174 Å². The molecule has 1 aromatic heterocycles. The average molecular weight is 434 g/mol. The van der Waals surface area contributed by atoms with Crippen molar-refractivity contribution in [2.75, 3.05) is 37.6 Å². The lowest BCUT2D eigenvalue weighted by Crippen LogP contribution is -2.49. The third-order valence-electron chi connectivity index (χ3n) is 4.90. The Balaban J connectivity index is 1.49. The van der Waals surface area contributed by atoms with E-state index in [2.05, 4.69) is 9.71 Å². The van der Waals surface area contributed by atoms with Gasteiger partial charge in [0, 0.05) is 57.1 Å². The molecule has 0 spiro atoms. The van der Waals surface area contributed by atoms with E-state index in [1.807, 2.05) is 4.90 Å². The Kier molecular flexibility index (Phi) is 6.78. The van der Waals surface area contributed by atoms with Gasteiger partial charge >= 0.3 is 0 Å². The van der Waals surface area contributed by atoms with E-state index in [4.69, 9.17) is 0 Å². The van der Waals surface area contributed by atoms with Crippen molar-refractivity contribution in [2.45, 2.75) is 18.2 Å². The lowest BCUT2D eigenvalue weighted by atomic mass is 10.1. The molecule has 0 unspecified atom stereocenters. The average Bonchev–Trinajstić information content (AvgIpc) is 2.74. The van der Waals surface area contributed by atoms with E-state index in [-0.39, 0.29) is 29.6 Å². The van der Waals surface area contributed by atoms with Gasteiger partial charge in [0.15, 0.2) is 5.78 Å². The van der Waals surface area contributed by atoms with Crippen molar-refractivity contribution in [1.82, 2.24) is 14.6 Å². The lowest BCUT2D eigenvalue weighted by Gasteiger charge is -2.36. The number of carbonyl (C=O) groups excluding carboxylic acids is 2. The van der Waals surface area contributed by atoms with E-state index in [1.54, 1.807) is 17.0 Å². The number of sulfonamides is 1. The molecule has 1 aliphatic rings. The minimum absolute atomic E-state index is 0.0165. The van der Waals surface area contributed by atoms with Gasteiger partial charge in [-0.15, -0.1) is 0 Å². The largest absolute Gasteiger partial charge is 0.366 e. The molecule has 0 bridgehead atoms. The molecule has 3 rings (SSSR count). The van der Waals surface area contributed by atoms with Gasteiger partial charge in [0.05, 0.1) is 5.69 Å². The zero-order chi connectivity index (χ0) is 21.7. The Morgan fingerprint density at radius 3 is 2.50 bits per heavy atom. The van der Waals surface area contributed by atoms with E-state index in [0.717, 1.165) is 0 Å². The maximum Gasteiger partial charge on any atom is 0.242 e. The summed E-state index contributed by atoms with van der Waals surface area (Å²) in [6.07, 6.45) is 2.75. The molecule has 1 fully saturated rings. The lowest BCUT2D eigenvalue weighted by molar-refractivity contribution is -0.131. The van der Waals surface area contributed by atoms with Crippen molar-refractivity contribution in [1.29, 1.82) is 0 Å². The number of ketones is 1. The monoisotopic (exact) mass is 434 g/mol. The van der Waals surface area contributed by atoms with Crippen LogP contribution in [-0.4, -0.2) is 62.7 Å². The number of aromatic nitrogens is 1. The molecular formula is C20H23FN4O4S. The number of nitrogens with one attached hydrogen (secondary N) is 1. The van der Waals surface area contributed by atoms with Crippen molar-refractivity contribution in [3.63, 3.8) is 0 Å². The molecule has 0 saturated carbocycles. The first-order chi connectivity index (χ1) is 14.3. The van der Waals surface area contributed by atoms with Crippen LogP contribution >= 0.6 is 0 Å². The summed E-state index contributed by atoms with van der Waals surface area (Å²) < 4.78 is 41.0. The maximum absolute atomic E-state index is 14.3. The van der Waals surface area contributed by atoms with Crippen LogP contribution in [0.4, 0.5) is 10.1 Å². The zero-order valence-electron chi connectivity index (χ0n) is 16.5. The summed E-state index contributed by atoms with van der Waals surface area (Å²) in [5.41, 5.74) is 0.718. The molecule has 10 heteroatoms. The second-order valence-corrected chi connectivity index (χ2v) is 8.69. The van der Waals surface area contributed by atoms with Gasteiger partial charge in [0.25, 0.3) is 0 Å². The van der Waals surface area contributed by atoms with Crippen LogP contribution in [0.3, 0.4) is 0 Å². The molecule has 0 radical (unpaired) electrons. The van der Waals surface area contributed by atoms with E-state index < -0.39 is 15.8 Å². The SMILES string of the molecule is CC(=O)c1ccc(N2CCN(C(=O)CCNS(=O)(=O)c3cccnc3)CC2)c(F)c1. The highest BCUT2D eigenvalue weighted by Gasteiger charge is 2.23. The number of halogens is 1. The minimum atomic E-state index is -3.70. The number of hydrogen-bond donors (Lipinski definition) is 1. The second-order valence-electron chi connectivity index (χ2n) is 6.93. The van der Waals surface area contributed by atoms with Crippen molar-refractivity contribution in [3.05, 3.63) is 54.1 Å². The summed E-state index contributed by atoms with van der Waals surface area (Å²) >= 11 is 0. The number of benzene rings is 1. The molecule has 1 N–H and O–H groups in total. The van der Waals surface area contributed by atoms with Gasteiger partial charge in [-0.1, -0.05) is 0 Å². The van der Waals surface area contributed by atoms with E-state index in [0.29, 0.717) is 37.4 Å². The van der Waals surface area contributed by atoms with Gasteiger partial charge < -0.3 is 9.80 Å². The van der Waals surface area contributed by atoms with Gasteiger partial charge in [0.1, 0.15) is 10.7 Å². The summed E-state index contributed by atoms with van der Waals surface area (Å²) in [5, 5.41) is 0.